The zero-order valence-corrected chi connectivity index (χ0v) is 15.3. The highest BCUT2D eigenvalue weighted by molar-refractivity contribution is 5.65. The second-order valence-corrected chi connectivity index (χ2v) is 6.98. The third-order valence-electron chi connectivity index (χ3n) is 4.96. The first-order chi connectivity index (χ1) is 13.7. The Hall–Kier alpha value is -2.87. The molecule has 28 heavy (non-hydrogen) atoms. The molecule has 0 bridgehead atoms. The number of H-pyrrole nitrogens is 1. The fourth-order valence-corrected chi connectivity index (χ4v) is 3.37. The van der Waals surface area contributed by atoms with E-state index in [0.717, 1.165) is 37.1 Å². The number of ether oxygens (including phenoxy) is 1. The predicted molar refractivity (Wildman–Crippen MR) is 99.9 cm³/mol. The first-order valence-corrected chi connectivity index (χ1v) is 9.33. The van der Waals surface area contributed by atoms with Crippen LogP contribution in [0.25, 0.3) is 11.1 Å². The number of piperidine rings is 1. The highest BCUT2D eigenvalue weighted by Crippen LogP contribution is 2.30. The Bertz CT molecular complexity index is 886. The van der Waals surface area contributed by atoms with Crippen molar-refractivity contribution in [1.29, 1.82) is 0 Å². The van der Waals surface area contributed by atoms with Gasteiger partial charge in [0.15, 0.2) is 23.2 Å². The maximum absolute atomic E-state index is 14.5. The van der Waals surface area contributed by atoms with Crippen molar-refractivity contribution < 1.29 is 13.5 Å². The van der Waals surface area contributed by atoms with Crippen LogP contribution in [-0.2, 0) is 6.42 Å². The molecule has 0 atom stereocenters. The fraction of sp³-hybridized carbons (Fsp3) is 0.350. The minimum atomic E-state index is -0.681. The van der Waals surface area contributed by atoms with Gasteiger partial charge in [0, 0.05) is 6.42 Å². The molecule has 146 valence electrons. The van der Waals surface area contributed by atoms with E-state index in [9.17, 15) is 8.78 Å². The minimum absolute atomic E-state index is 0.295. The third-order valence-corrected chi connectivity index (χ3v) is 4.96. The maximum Gasteiger partial charge on any atom is 0.190 e. The van der Waals surface area contributed by atoms with Crippen LogP contribution >= 0.6 is 0 Å². The fourth-order valence-electron chi connectivity index (χ4n) is 3.37. The summed E-state index contributed by atoms with van der Waals surface area (Å²) in [5, 5.41) is 17.0. The Morgan fingerprint density at radius 1 is 1.00 bits per heavy atom. The van der Waals surface area contributed by atoms with Crippen molar-refractivity contribution in [1.82, 2.24) is 25.9 Å². The van der Waals surface area contributed by atoms with E-state index in [1.54, 1.807) is 0 Å². The van der Waals surface area contributed by atoms with Gasteiger partial charge < -0.3 is 10.1 Å². The van der Waals surface area contributed by atoms with Gasteiger partial charge in [-0.3, -0.25) is 0 Å². The van der Waals surface area contributed by atoms with Crippen LogP contribution in [0.4, 0.5) is 8.78 Å². The Labute approximate surface area is 161 Å². The molecule has 1 aromatic heterocycles. The van der Waals surface area contributed by atoms with E-state index < -0.39 is 11.6 Å². The molecular weight excluding hydrogens is 364 g/mol. The number of halogens is 2. The van der Waals surface area contributed by atoms with E-state index in [1.807, 2.05) is 24.3 Å². The van der Waals surface area contributed by atoms with Gasteiger partial charge in [-0.25, -0.2) is 8.78 Å². The molecule has 3 aromatic rings. The summed E-state index contributed by atoms with van der Waals surface area (Å²) in [7, 11) is 0. The van der Waals surface area contributed by atoms with Crippen molar-refractivity contribution >= 4 is 0 Å². The summed E-state index contributed by atoms with van der Waals surface area (Å²) in [6.45, 7) is 2.17. The normalized spacial score (nSPS) is 14.9. The van der Waals surface area contributed by atoms with Gasteiger partial charge in [-0.1, -0.05) is 29.5 Å². The van der Waals surface area contributed by atoms with Crippen LogP contribution in [0.3, 0.4) is 0 Å². The Kier molecular flexibility index (Phi) is 5.57. The van der Waals surface area contributed by atoms with Crippen LogP contribution in [-0.4, -0.2) is 40.3 Å². The first-order valence-electron chi connectivity index (χ1n) is 9.33. The summed E-state index contributed by atoms with van der Waals surface area (Å²) < 4.78 is 34.4. The van der Waals surface area contributed by atoms with Crippen molar-refractivity contribution in [3.63, 3.8) is 0 Å². The van der Waals surface area contributed by atoms with E-state index in [1.165, 1.54) is 12.1 Å². The quantitative estimate of drug-likeness (QED) is 0.682. The maximum atomic E-state index is 14.5. The molecule has 2 N–H and O–H groups in total. The average Bonchev–Trinajstić information content (AvgIpc) is 3.22. The lowest BCUT2D eigenvalue weighted by Gasteiger charge is -2.23. The molecule has 0 aliphatic carbocycles. The molecule has 1 aliphatic rings. The lowest BCUT2D eigenvalue weighted by Crippen LogP contribution is -2.30. The third kappa shape index (κ3) is 4.33. The average molecular weight is 385 g/mol. The van der Waals surface area contributed by atoms with Gasteiger partial charge in [-0.2, -0.15) is 5.21 Å². The predicted octanol–water partition coefficient (Wildman–Crippen LogP) is 3.11. The number of hydrogen-bond donors (Lipinski definition) is 2. The summed E-state index contributed by atoms with van der Waals surface area (Å²) in [6, 6.07) is 10.0. The highest BCUT2D eigenvalue weighted by atomic mass is 19.1. The van der Waals surface area contributed by atoms with Crippen LogP contribution in [0.2, 0.25) is 0 Å². The number of hydrogen-bond acceptors (Lipinski definition) is 5. The van der Waals surface area contributed by atoms with Crippen molar-refractivity contribution in [2.45, 2.75) is 19.3 Å². The van der Waals surface area contributed by atoms with Crippen LogP contribution in [0.15, 0.2) is 36.4 Å². The molecule has 1 saturated heterocycles. The largest absolute Gasteiger partial charge is 0.487 e. The highest BCUT2D eigenvalue weighted by Gasteiger charge is 2.18. The van der Waals surface area contributed by atoms with Gasteiger partial charge in [0.05, 0.1) is 6.61 Å². The second kappa shape index (κ2) is 8.43. The van der Waals surface area contributed by atoms with E-state index in [-0.39, 0.29) is 5.75 Å². The zero-order chi connectivity index (χ0) is 19.3. The van der Waals surface area contributed by atoms with E-state index >= 15 is 0 Å². The number of aromatic amines is 1. The summed E-state index contributed by atoms with van der Waals surface area (Å²) in [5.74, 6) is -0.748. The number of benzene rings is 2. The molecule has 8 heteroatoms. The topological polar surface area (TPSA) is 75.7 Å². The smallest absolute Gasteiger partial charge is 0.190 e. The first kappa shape index (κ1) is 18.5. The molecule has 0 spiro atoms. The number of tetrazole rings is 1. The number of rotatable bonds is 6. The van der Waals surface area contributed by atoms with Crippen LogP contribution in [0, 0.1) is 17.6 Å². The molecule has 0 radical (unpaired) electrons. The Balaban J connectivity index is 1.46. The van der Waals surface area contributed by atoms with Crippen LogP contribution in [0.1, 0.15) is 24.2 Å². The van der Waals surface area contributed by atoms with Gasteiger partial charge in [0.1, 0.15) is 0 Å². The Morgan fingerprint density at radius 3 is 2.36 bits per heavy atom. The zero-order valence-electron chi connectivity index (χ0n) is 15.3. The second-order valence-electron chi connectivity index (χ2n) is 6.98. The summed E-state index contributed by atoms with van der Waals surface area (Å²) in [5.41, 5.74) is 2.17. The molecule has 1 fully saturated rings. The number of nitrogens with zero attached hydrogens (tertiary/aromatic N) is 3. The SMILES string of the molecule is Fc1cc(-c2ccc(Cc3nn[nH]n3)cc2)cc(F)c1OCC1CCNCC1. The lowest BCUT2D eigenvalue weighted by atomic mass is 9.99. The van der Waals surface area contributed by atoms with Gasteiger partial charge in [0.25, 0.3) is 0 Å². The van der Waals surface area contributed by atoms with Crippen molar-refractivity contribution in [2.75, 3.05) is 19.7 Å². The van der Waals surface area contributed by atoms with E-state index in [4.69, 9.17) is 4.74 Å². The van der Waals surface area contributed by atoms with Crippen molar-refractivity contribution in [2.24, 2.45) is 5.92 Å². The molecule has 6 nitrogen and oxygen atoms in total. The molecule has 0 amide bonds. The van der Waals surface area contributed by atoms with Crippen molar-refractivity contribution in [3.8, 4) is 16.9 Å². The van der Waals surface area contributed by atoms with Crippen LogP contribution in [0.5, 0.6) is 5.75 Å². The standard InChI is InChI=1S/C20H21F2N5O/c21-17-10-16(11-18(22)20(17)28-12-14-5-7-23-8-6-14)15-3-1-13(2-4-15)9-19-24-26-27-25-19/h1-4,10-11,14,23H,5-9,12H2,(H,24,25,26,27). The van der Waals surface area contributed by atoms with Crippen molar-refractivity contribution in [3.05, 3.63) is 59.4 Å². The lowest BCUT2D eigenvalue weighted by molar-refractivity contribution is 0.201. The van der Waals surface area contributed by atoms with Gasteiger partial charge in [-0.15, -0.1) is 10.2 Å². The molecule has 0 unspecified atom stereocenters. The summed E-state index contributed by atoms with van der Waals surface area (Å²) in [6.07, 6.45) is 2.44. The summed E-state index contributed by atoms with van der Waals surface area (Å²) in [4.78, 5) is 0. The molecule has 2 heterocycles. The minimum Gasteiger partial charge on any atom is -0.487 e. The number of nitrogens with one attached hydrogen (secondary N) is 2. The molecule has 0 saturated carbocycles. The Morgan fingerprint density at radius 2 is 1.71 bits per heavy atom. The van der Waals surface area contributed by atoms with E-state index in [0.29, 0.717) is 30.3 Å². The number of aromatic nitrogens is 4. The van der Waals surface area contributed by atoms with E-state index in [2.05, 4.69) is 25.9 Å². The van der Waals surface area contributed by atoms with Gasteiger partial charge >= 0.3 is 0 Å². The van der Waals surface area contributed by atoms with Gasteiger partial charge in [0.2, 0.25) is 0 Å². The van der Waals surface area contributed by atoms with Crippen LogP contribution < -0.4 is 10.1 Å². The molecule has 1 aliphatic heterocycles. The monoisotopic (exact) mass is 385 g/mol. The summed E-state index contributed by atoms with van der Waals surface area (Å²) >= 11 is 0. The molecular formula is C20H21F2N5O. The molecule has 4 rings (SSSR count). The van der Waals surface area contributed by atoms with Gasteiger partial charge in [-0.05, 0) is 60.7 Å². The molecule has 2 aromatic carbocycles.